The summed E-state index contributed by atoms with van der Waals surface area (Å²) in [5, 5.41) is 9.06. The van der Waals surface area contributed by atoms with E-state index >= 15 is 0 Å². The molecule has 1 aliphatic heterocycles. The summed E-state index contributed by atoms with van der Waals surface area (Å²) in [6.07, 6.45) is 0. The lowest BCUT2D eigenvalue weighted by Gasteiger charge is -2.35. The van der Waals surface area contributed by atoms with E-state index in [1.165, 1.54) is 28.6 Å². The molecule has 1 fully saturated rings. The normalized spacial score (nSPS) is 15.7. The van der Waals surface area contributed by atoms with Gasteiger partial charge in [-0.3, -0.25) is 0 Å². The molecule has 2 aromatic rings. The van der Waals surface area contributed by atoms with Crippen LogP contribution in [0.2, 0.25) is 0 Å². The van der Waals surface area contributed by atoms with Gasteiger partial charge < -0.3 is 14.7 Å². The number of hydrogen-bond acceptors (Lipinski definition) is 5. The Labute approximate surface area is 152 Å². The third-order valence-electron chi connectivity index (χ3n) is 4.39. The molecule has 1 N–H and O–H groups in total. The fraction of sp³-hybridized carbons (Fsp3) is 0.278. The molecule has 1 saturated heterocycles. The Morgan fingerprint density at radius 3 is 2.27 bits per heavy atom. The zero-order valence-corrected chi connectivity index (χ0v) is 15.1. The predicted molar refractivity (Wildman–Crippen MR) is 97.4 cm³/mol. The van der Waals surface area contributed by atoms with E-state index in [-0.39, 0.29) is 10.5 Å². The van der Waals surface area contributed by atoms with Crippen LogP contribution in [-0.4, -0.2) is 57.1 Å². The van der Waals surface area contributed by atoms with Crippen LogP contribution in [0, 0.1) is 0 Å². The summed E-state index contributed by atoms with van der Waals surface area (Å²) in [6, 6.07) is 13.1. The summed E-state index contributed by atoms with van der Waals surface area (Å²) in [7, 11) is -2.10. The van der Waals surface area contributed by atoms with E-state index < -0.39 is 16.0 Å². The number of piperazine rings is 1. The lowest BCUT2D eigenvalue weighted by atomic mass is 10.2. The second-order valence-corrected chi connectivity index (χ2v) is 7.86. The molecule has 0 amide bonds. The van der Waals surface area contributed by atoms with Gasteiger partial charge in [0.25, 0.3) is 0 Å². The average Bonchev–Trinajstić information content (AvgIpc) is 2.68. The van der Waals surface area contributed by atoms with Gasteiger partial charge in [-0.25, -0.2) is 13.2 Å². The Morgan fingerprint density at radius 2 is 1.69 bits per heavy atom. The molecule has 1 aliphatic rings. The fourth-order valence-electron chi connectivity index (χ4n) is 2.92. The van der Waals surface area contributed by atoms with E-state index in [0.717, 1.165) is 11.4 Å². The number of carboxylic acid groups (broad SMARTS) is 1. The van der Waals surface area contributed by atoms with Crippen LogP contribution >= 0.6 is 0 Å². The number of methoxy groups -OCH3 is 1. The Morgan fingerprint density at radius 1 is 1.04 bits per heavy atom. The van der Waals surface area contributed by atoms with Gasteiger partial charge in [0, 0.05) is 31.9 Å². The minimum Gasteiger partial charge on any atom is -0.497 e. The summed E-state index contributed by atoms with van der Waals surface area (Å²) in [6.45, 7) is 1.80. The lowest BCUT2D eigenvalue weighted by Crippen LogP contribution is -2.48. The van der Waals surface area contributed by atoms with E-state index in [4.69, 9.17) is 9.84 Å². The molecule has 7 nitrogen and oxygen atoms in total. The second-order valence-electron chi connectivity index (χ2n) is 5.92. The van der Waals surface area contributed by atoms with Crippen LogP contribution in [0.15, 0.2) is 53.4 Å². The standard InChI is InChI=1S/C18H20N2O5S/c1-25-16-7-5-15(6-8-16)19-9-11-20(12-10-19)26(23,24)17-4-2-3-14(13-17)18(21)22/h2-8,13H,9-12H2,1H3,(H,21,22). The molecule has 0 unspecified atom stereocenters. The third-order valence-corrected chi connectivity index (χ3v) is 6.29. The van der Waals surface area contributed by atoms with Gasteiger partial charge in [-0.1, -0.05) is 6.07 Å². The molecule has 0 aliphatic carbocycles. The number of nitrogens with zero attached hydrogens (tertiary/aromatic N) is 2. The maximum Gasteiger partial charge on any atom is 0.335 e. The number of aromatic carboxylic acids is 1. The molecule has 2 aromatic carbocycles. The van der Waals surface area contributed by atoms with Crippen LogP contribution in [0.5, 0.6) is 5.75 Å². The Kier molecular flexibility index (Phi) is 5.15. The highest BCUT2D eigenvalue weighted by atomic mass is 32.2. The quantitative estimate of drug-likeness (QED) is 0.858. The molecular formula is C18H20N2O5S. The molecule has 8 heteroatoms. The minimum atomic E-state index is -3.71. The molecule has 3 rings (SSSR count). The molecule has 1 heterocycles. The average molecular weight is 376 g/mol. The van der Waals surface area contributed by atoms with Crippen molar-refractivity contribution in [3.63, 3.8) is 0 Å². The van der Waals surface area contributed by atoms with Crippen molar-refractivity contribution >= 4 is 21.7 Å². The van der Waals surface area contributed by atoms with Crippen molar-refractivity contribution in [2.24, 2.45) is 0 Å². The highest BCUT2D eigenvalue weighted by molar-refractivity contribution is 7.89. The maximum atomic E-state index is 12.8. The number of hydrogen-bond donors (Lipinski definition) is 1. The number of carboxylic acids is 1. The minimum absolute atomic E-state index is 0.00953. The molecule has 0 atom stereocenters. The maximum absolute atomic E-state index is 12.8. The largest absolute Gasteiger partial charge is 0.497 e. The first-order chi connectivity index (χ1) is 12.4. The van der Waals surface area contributed by atoms with Crippen LogP contribution < -0.4 is 9.64 Å². The van der Waals surface area contributed by atoms with E-state index in [1.807, 2.05) is 24.3 Å². The van der Waals surface area contributed by atoms with Crippen molar-refractivity contribution in [2.45, 2.75) is 4.90 Å². The van der Waals surface area contributed by atoms with Gasteiger partial charge >= 0.3 is 5.97 Å². The highest BCUT2D eigenvalue weighted by Gasteiger charge is 2.29. The van der Waals surface area contributed by atoms with Crippen molar-refractivity contribution < 1.29 is 23.1 Å². The van der Waals surface area contributed by atoms with E-state index in [2.05, 4.69) is 4.90 Å². The van der Waals surface area contributed by atoms with E-state index in [0.29, 0.717) is 26.2 Å². The fourth-order valence-corrected chi connectivity index (χ4v) is 4.39. The van der Waals surface area contributed by atoms with Gasteiger partial charge in [-0.2, -0.15) is 4.31 Å². The number of rotatable bonds is 5. The molecular weight excluding hydrogens is 356 g/mol. The summed E-state index contributed by atoms with van der Waals surface area (Å²) in [5.41, 5.74) is 0.971. The van der Waals surface area contributed by atoms with Gasteiger partial charge in [-0.15, -0.1) is 0 Å². The van der Waals surface area contributed by atoms with Crippen molar-refractivity contribution in [2.75, 3.05) is 38.2 Å². The van der Waals surface area contributed by atoms with Crippen molar-refractivity contribution in [1.29, 1.82) is 0 Å². The highest BCUT2D eigenvalue weighted by Crippen LogP contribution is 2.23. The molecule has 0 radical (unpaired) electrons. The number of anilines is 1. The Balaban J connectivity index is 1.72. The molecule has 0 aromatic heterocycles. The lowest BCUT2D eigenvalue weighted by molar-refractivity contribution is 0.0696. The van der Waals surface area contributed by atoms with E-state index in [9.17, 15) is 13.2 Å². The molecule has 138 valence electrons. The predicted octanol–water partition coefficient (Wildman–Crippen LogP) is 1.90. The van der Waals surface area contributed by atoms with Crippen LogP contribution in [0.1, 0.15) is 10.4 Å². The second kappa shape index (κ2) is 7.35. The van der Waals surface area contributed by atoms with Gasteiger partial charge in [-0.05, 0) is 42.5 Å². The first kappa shape index (κ1) is 18.2. The van der Waals surface area contributed by atoms with Gasteiger partial charge in [0.1, 0.15) is 5.75 Å². The van der Waals surface area contributed by atoms with Crippen molar-refractivity contribution in [3.8, 4) is 5.75 Å². The first-order valence-electron chi connectivity index (χ1n) is 8.14. The van der Waals surface area contributed by atoms with Gasteiger partial charge in [0.15, 0.2) is 0 Å². The summed E-state index contributed by atoms with van der Waals surface area (Å²) < 4.78 is 32.1. The molecule has 0 spiro atoms. The number of ether oxygens (including phenoxy) is 1. The molecule has 26 heavy (non-hydrogen) atoms. The Hall–Kier alpha value is -2.58. The zero-order chi connectivity index (χ0) is 18.7. The van der Waals surface area contributed by atoms with Gasteiger partial charge in [0.2, 0.25) is 10.0 Å². The summed E-state index contributed by atoms with van der Waals surface area (Å²) in [5.74, 6) is -0.375. The number of benzene rings is 2. The van der Waals surface area contributed by atoms with Crippen LogP contribution in [-0.2, 0) is 10.0 Å². The van der Waals surface area contributed by atoms with Crippen molar-refractivity contribution in [1.82, 2.24) is 4.31 Å². The van der Waals surface area contributed by atoms with Gasteiger partial charge in [0.05, 0.1) is 17.6 Å². The SMILES string of the molecule is COc1ccc(N2CCN(S(=O)(=O)c3cccc(C(=O)O)c3)CC2)cc1. The monoisotopic (exact) mass is 376 g/mol. The third kappa shape index (κ3) is 3.66. The van der Waals surface area contributed by atoms with Crippen LogP contribution in [0.3, 0.4) is 0 Å². The first-order valence-corrected chi connectivity index (χ1v) is 9.58. The molecule has 0 bridgehead atoms. The zero-order valence-electron chi connectivity index (χ0n) is 14.3. The topological polar surface area (TPSA) is 87.2 Å². The smallest absolute Gasteiger partial charge is 0.335 e. The van der Waals surface area contributed by atoms with E-state index in [1.54, 1.807) is 7.11 Å². The Bertz CT molecular complexity index is 888. The molecule has 0 saturated carbocycles. The number of sulfonamides is 1. The number of carbonyl (C=O) groups is 1. The summed E-state index contributed by atoms with van der Waals surface area (Å²) in [4.78, 5) is 13.2. The van der Waals surface area contributed by atoms with Crippen LogP contribution in [0.4, 0.5) is 5.69 Å². The summed E-state index contributed by atoms with van der Waals surface area (Å²) >= 11 is 0. The van der Waals surface area contributed by atoms with Crippen molar-refractivity contribution in [3.05, 3.63) is 54.1 Å². The van der Waals surface area contributed by atoms with Crippen LogP contribution in [0.25, 0.3) is 0 Å².